The number of methoxy groups -OCH3 is 1. The lowest BCUT2D eigenvalue weighted by atomic mass is 9.85. The highest BCUT2D eigenvalue weighted by atomic mass is 79.9. The zero-order valence-corrected chi connectivity index (χ0v) is 25.0. The van der Waals surface area contributed by atoms with Crippen LogP contribution in [0.1, 0.15) is 40.5 Å². The summed E-state index contributed by atoms with van der Waals surface area (Å²) in [6, 6.07) is 20.6. The number of benzene rings is 3. The molecule has 4 aromatic rings. The van der Waals surface area contributed by atoms with Gasteiger partial charge in [-0.05, 0) is 80.4 Å². The van der Waals surface area contributed by atoms with Gasteiger partial charge in [0.1, 0.15) is 5.75 Å². The molecule has 2 aliphatic rings. The largest absolute Gasteiger partial charge is 0.497 e. The van der Waals surface area contributed by atoms with Crippen LogP contribution in [0.15, 0.2) is 89.4 Å². The van der Waals surface area contributed by atoms with Crippen molar-refractivity contribution in [3.8, 4) is 17.0 Å². The molecule has 0 N–H and O–H groups in total. The van der Waals surface area contributed by atoms with Gasteiger partial charge in [0.15, 0.2) is 6.10 Å². The maximum Gasteiger partial charge on any atom is 0.339 e. The summed E-state index contributed by atoms with van der Waals surface area (Å²) in [5.41, 5.74) is 2.90. The summed E-state index contributed by atoms with van der Waals surface area (Å²) in [5.74, 6) is -1.37. The lowest BCUT2D eigenvalue weighted by Crippen LogP contribution is -2.30. The molecule has 0 bridgehead atoms. The zero-order chi connectivity index (χ0) is 30.2. The van der Waals surface area contributed by atoms with Crippen molar-refractivity contribution < 1.29 is 28.7 Å². The lowest BCUT2D eigenvalue weighted by Gasteiger charge is -2.16. The molecule has 0 unspecified atom stereocenters. The summed E-state index contributed by atoms with van der Waals surface area (Å²) in [4.78, 5) is 58.6. The number of hydrogen-bond donors (Lipinski definition) is 0. The molecule has 3 aromatic carbocycles. The van der Waals surface area contributed by atoms with Crippen LogP contribution in [0.5, 0.6) is 5.75 Å². The molecule has 1 aliphatic heterocycles. The fourth-order valence-electron chi connectivity index (χ4n) is 5.62. The summed E-state index contributed by atoms with van der Waals surface area (Å²) in [5, 5.41) is 0.563. The lowest BCUT2D eigenvalue weighted by molar-refractivity contribution is -0.122. The molecule has 1 saturated heterocycles. The van der Waals surface area contributed by atoms with Crippen LogP contribution in [0, 0.1) is 11.8 Å². The molecule has 9 heteroatoms. The van der Waals surface area contributed by atoms with Crippen LogP contribution in [-0.2, 0) is 14.3 Å². The standard InChI is InChI=1S/C34H27BrN2O6/c1-19(31(38)21-9-14-24(42-2)15-10-21)43-34(41)28-18-30(36-29-16-11-22(35)17-27(28)29)20-7-12-23(13-8-20)37-32(39)25-5-3-4-6-26(25)33(37)40/h3-4,7-19,25-26H,5-6H2,1-2H3/t19-,25-,26+/m1/s1. The van der Waals surface area contributed by atoms with Gasteiger partial charge in [0, 0.05) is 21.0 Å². The number of halogens is 1. The molecule has 1 aromatic heterocycles. The number of rotatable bonds is 7. The summed E-state index contributed by atoms with van der Waals surface area (Å²) < 4.78 is 11.6. The van der Waals surface area contributed by atoms with E-state index in [1.807, 2.05) is 18.2 Å². The fraction of sp³-hybridized carbons (Fsp3) is 0.206. The Morgan fingerprint density at radius 2 is 1.56 bits per heavy atom. The zero-order valence-electron chi connectivity index (χ0n) is 23.5. The molecular weight excluding hydrogens is 612 g/mol. The van der Waals surface area contributed by atoms with Gasteiger partial charge in [-0.2, -0.15) is 0 Å². The first-order valence-corrected chi connectivity index (χ1v) is 14.7. The SMILES string of the molecule is COc1ccc(C(=O)[C@@H](C)OC(=O)c2cc(-c3ccc(N4C(=O)[C@H]5CC=CC[C@H]5C4=O)cc3)nc3ccc(Br)cc23)cc1. The Bertz CT molecular complexity index is 1770. The maximum atomic E-state index is 13.5. The molecule has 1 aliphatic carbocycles. The van der Waals surface area contributed by atoms with Crippen molar-refractivity contribution in [1.82, 2.24) is 4.98 Å². The van der Waals surface area contributed by atoms with Crippen molar-refractivity contribution in [2.75, 3.05) is 12.0 Å². The Kier molecular flexibility index (Phi) is 7.66. The van der Waals surface area contributed by atoms with E-state index in [4.69, 9.17) is 14.5 Å². The van der Waals surface area contributed by atoms with Crippen molar-refractivity contribution in [3.63, 3.8) is 0 Å². The molecule has 8 nitrogen and oxygen atoms in total. The Morgan fingerprint density at radius 1 is 0.907 bits per heavy atom. The Labute approximate surface area is 256 Å². The average molecular weight is 640 g/mol. The molecule has 216 valence electrons. The van der Waals surface area contributed by atoms with Crippen LogP contribution in [0.2, 0.25) is 0 Å². The van der Waals surface area contributed by atoms with Crippen molar-refractivity contribution >= 4 is 56.1 Å². The topological polar surface area (TPSA) is 103 Å². The summed E-state index contributed by atoms with van der Waals surface area (Å²) in [6.07, 6.45) is 4.03. The number of imide groups is 1. The number of Topliss-reactive ketones (excluding diaryl/α,β-unsaturated/α-hetero) is 1. The number of nitrogens with zero attached hydrogens (tertiary/aromatic N) is 2. The van der Waals surface area contributed by atoms with Crippen molar-refractivity contribution in [2.45, 2.75) is 25.9 Å². The molecule has 3 atom stereocenters. The molecule has 1 fully saturated rings. The van der Waals surface area contributed by atoms with E-state index in [-0.39, 0.29) is 35.0 Å². The number of pyridine rings is 1. The van der Waals surface area contributed by atoms with Crippen molar-refractivity contribution in [1.29, 1.82) is 0 Å². The van der Waals surface area contributed by atoms with Gasteiger partial charge in [-0.15, -0.1) is 0 Å². The first kappa shape index (κ1) is 28.5. The predicted molar refractivity (Wildman–Crippen MR) is 165 cm³/mol. The Balaban J connectivity index is 1.29. The van der Waals surface area contributed by atoms with E-state index in [9.17, 15) is 19.2 Å². The van der Waals surface area contributed by atoms with E-state index in [0.29, 0.717) is 52.0 Å². The summed E-state index contributed by atoms with van der Waals surface area (Å²) >= 11 is 3.46. The van der Waals surface area contributed by atoms with Gasteiger partial charge < -0.3 is 9.47 Å². The average Bonchev–Trinajstić information content (AvgIpc) is 3.29. The molecule has 2 heterocycles. The summed E-state index contributed by atoms with van der Waals surface area (Å²) in [6.45, 7) is 1.54. The number of ether oxygens (including phenoxy) is 2. The normalized spacial score (nSPS) is 18.4. The van der Waals surface area contributed by atoms with Crippen molar-refractivity contribution in [3.05, 3.63) is 101 Å². The van der Waals surface area contributed by atoms with Gasteiger partial charge in [0.2, 0.25) is 17.6 Å². The molecule has 0 spiro atoms. The van der Waals surface area contributed by atoms with E-state index in [1.165, 1.54) is 11.8 Å². The van der Waals surface area contributed by atoms with Crippen LogP contribution >= 0.6 is 15.9 Å². The van der Waals surface area contributed by atoms with Gasteiger partial charge in [-0.1, -0.05) is 40.2 Å². The van der Waals surface area contributed by atoms with Gasteiger partial charge >= 0.3 is 5.97 Å². The molecular formula is C34H27BrN2O6. The molecule has 0 saturated carbocycles. The number of aromatic nitrogens is 1. The van der Waals surface area contributed by atoms with E-state index in [1.54, 1.807) is 73.8 Å². The van der Waals surface area contributed by atoms with Crippen LogP contribution in [0.25, 0.3) is 22.2 Å². The van der Waals surface area contributed by atoms with Crippen LogP contribution in [0.4, 0.5) is 5.69 Å². The third kappa shape index (κ3) is 5.36. The number of esters is 1. The van der Waals surface area contributed by atoms with Crippen LogP contribution < -0.4 is 9.64 Å². The van der Waals surface area contributed by atoms with Crippen LogP contribution in [-0.4, -0.2) is 41.8 Å². The van der Waals surface area contributed by atoms with Gasteiger partial charge in [-0.3, -0.25) is 19.3 Å². The van der Waals surface area contributed by atoms with E-state index >= 15 is 0 Å². The fourth-order valence-corrected chi connectivity index (χ4v) is 5.98. The second-order valence-electron chi connectivity index (χ2n) is 10.6. The smallest absolute Gasteiger partial charge is 0.339 e. The maximum absolute atomic E-state index is 13.5. The number of anilines is 1. The predicted octanol–water partition coefficient (Wildman–Crippen LogP) is 6.56. The second kappa shape index (κ2) is 11.6. The third-order valence-electron chi connectivity index (χ3n) is 7.95. The quantitative estimate of drug-likeness (QED) is 0.0978. The molecule has 2 amide bonds. The highest BCUT2D eigenvalue weighted by molar-refractivity contribution is 9.10. The minimum atomic E-state index is -1.03. The van der Waals surface area contributed by atoms with Crippen LogP contribution in [0.3, 0.4) is 0 Å². The van der Waals surface area contributed by atoms with Gasteiger partial charge in [0.05, 0.1) is 41.4 Å². The van der Waals surface area contributed by atoms with E-state index < -0.39 is 12.1 Å². The second-order valence-corrected chi connectivity index (χ2v) is 11.5. The minimum Gasteiger partial charge on any atom is -0.497 e. The summed E-state index contributed by atoms with van der Waals surface area (Å²) in [7, 11) is 1.54. The minimum absolute atomic E-state index is 0.176. The first-order chi connectivity index (χ1) is 20.7. The van der Waals surface area contributed by atoms with E-state index in [2.05, 4.69) is 15.9 Å². The molecule has 43 heavy (non-hydrogen) atoms. The number of carbonyl (C=O) groups is 4. The number of allylic oxidation sites excluding steroid dienone is 2. The highest BCUT2D eigenvalue weighted by Gasteiger charge is 2.47. The van der Waals surface area contributed by atoms with Gasteiger partial charge in [0.25, 0.3) is 0 Å². The van der Waals surface area contributed by atoms with Gasteiger partial charge in [-0.25, -0.2) is 9.78 Å². The number of ketones is 1. The first-order valence-electron chi connectivity index (χ1n) is 13.9. The number of amides is 2. The number of fused-ring (bicyclic) bond motifs is 2. The Morgan fingerprint density at radius 3 is 2.19 bits per heavy atom. The Hall–Kier alpha value is -4.63. The monoisotopic (exact) mass is 638 g/mol. The highest BCUT2D eigenvalue weighted by Crippen LogP contribution is 2.38. The molecule has 0 radical (unpaired) electrons. The van der Waals surface area contributed by atoms with E-state index in [0.717, 1.165) is 4.47 Å². The third-order valence-corrected chi connectivity index (χ3v) is 8.44. The molecule has 6 rings (SSSR count). The van der Waals surface area contributed by atoms with Crippen molar-refractivity contribution in [2.24, 2.45) is 11.8 Å². The number of hydrogen-bond acceptors (Lipinski definition) is 7. The number of carbonyl (C=O) groups excluding carboxylic acids is 4.